The number of likely N-dealkylation sites (tertiary alicyclic amines) is 1. The molecule has 0 aliphatic carbocycles. The molecule has 1 amide bonds. The van der Waals surface area contributed by atoms with E-state index >= 15 is 0 Å². The molecule has 7 heteroatoms. The lowest BCUT2D eigenvalue weighted by Gasteiger charge is -2.33. The van der Waals surface area contributed by atoms with Crippen molar-refractivity contribution in [2.24, 2.45) is 0 Å². The second-order valence-corrected chi connectivity index (χ2v) is 6.77. The third-order valence-electron chi connectivity index (χ3n) is 4.29. The summed E-state index contributed by atoms with van der Waals surface area (Å²) in [4.78, 5) is 21.9. The molecule has 3 heterocycles. The van der Waals surface area contributed by atoms with E-state index in [4.69, 9.17) is 5.73 Å². The Bertz CT molecular complexity index is 511. The molecule has 2 saturated heterocycles. The number of aromatic nitrogens is 1. The highest BCUT2D eigenvalue weighted by molar-refractivity contribution is 7.18. The molecule has 6 nitrogen and oxygen atoms in total. The molecule has 0 spiro atoms. The van der Waals surface area contributed by atoms with Gasteiger partial charge in [0.25, 0.3) is 5.91 Å². The Morgan fingerprint density at radius 1 is 1.33 bits per heavy atom. The summed E-state index contributed by atoms with van der Waals surface area (Å²) < 4.78 is 0. The van der Waals surface area contributed by atoms with E-state index in [1.807, 2.05) is 4.90 Å². The van der Waals surface area contributed by atoms with Gasteiger partial charge in [0.2, 0.25) is 0 Å². The fourth-order valence-corrected chi connectivity index (χ4v) is 3.99. The molecule has 0 radical (unpaired) electrons. The Labute approximate surface area is 129 Å². The van der Waals surface area contributed by atoms with Crippen LogP contribution in [0.2, 0.25) is 0 Å². The topological polar surface area (TPSA) is 74.5 Å². The Hall–Kier alpha value is -1.34. The normalized spacial score (nSPS) is 23.4. The zero-order chi connectivity index (χ0) is 14.8. The molecule has 0 saturated carbocycles. The minimum absolute atomic E-state index is 0.0542. The van der Waals surface area contributed by atoms with Crippen molar-refractivity contribution in [1.29, 1.82) is 0 Å². The van der Waals surface area contributed by atoms with Crippen LogP contribution >= 0.6 is 11.3 Å². The maximum atomic E-state index is 12.7. The molecule has 2 aliphatic rings. The Balaban J connectivity index is 1.78. The molecule has 1 unspecified atom stereocenters. The Morgan fingerprint density at radius 2 is 2.10 bits per heavy atom. The van der Waals surface area contributed by atoms with Crippen LogP contribution in [-0.4, -0.2) is 54.6 Å². The number of carbonyl (C=O) groups is 1. The van der Waals surface area contributed by atoms with Crippen molar-refractivity contribution in [2.75, 3.05) is 43.4 Å². The molecule has 3 rings (SSSR count). The van der Waals surface area contributed by atoms with E-state index in [1.165, 1.54) is 17.8 Å². The number of carbonyl (C=O) groups excluding carboxylic acids is 1. The molecule has 1 aromatic heterocycles. The third kappa shape index (κ3) is 2.98. The summed E-state index contributed by atoms with van der Waals surface area (Å²) in [5, 5.41) is 4.19. The predicted molar refractivity (Wildman–Crippen MR) is 86.0 cm³/mol. The smallest absolute Gasteiger partial charge is 0.268 e. The molecular formula is C14H23N5OS. The third-order valence-corrected chi connectivity index (χ3v) is 5.41. The van der Waals surface area contributed by atoms with Crippen LogP contribution in [-0.2, 0) is 0 Å². The molecule has 21 heavy (non-hydrogen) atoms. The number of piperazine rings is 1. The second-order valence-electron chi connectivity index (χ2n) is 5.79. The molecular weight excluding hydrogens is 286 g/mol. The first-order valence-electron chi connectivity index (χ1n) is 7.70. The number of nitrogen functional groups attached to an aromatic ring is 1. The fraction of sp³-hybridized carbons (Fsp3) is 0.714. The Morgan fingerprint density at radius 3 is 2.81 bits per heavy atom. The van der Waals surface area contributed by atoms with Gasteiger partial charge in [-0.3, -0.25) is 4.79 Å². The molecule has 0 bridgehead atoms. The number of thiazole rings is 1. The van der Waals surface area contributed by atoms with Crippen LogP contribution in [0.5, 0.6) is 0 Å². The summed E-state index contributed by atoms with van der Waals surface area (Å²) in [7, 11) is 0. The van der Waals surface area contributed by atoms with Gasteiger partial charge in [0.15, 0.2) is 5.13 Å². The van der Waals surface area contributed by atoms with Crippen LogP contribution < -0.4 is 16.0 Å². The summed E-state index contributed by atoms with van der Waals surface area (Å²) in [6.07, 6.45) is 3.36. The molecule has 3 N–H and O–H groups in total. The van der Waals surface area contributed by atoms with Crippen molar-refractivity contribution in [2.45, 2.75) is 32.2 Å². The standard InChI is InChI=1S/C14H23N5OS/c1-10-4-2-3-7-19(10)13(20)11-12(15)17-14(21-11)18-8-5-16-6-9-18/h10,16H,2-9,15H2,1H3. The molecule has 0 aromatic carbocycles. The summed E-state index contributed by atoms with van der Waals surface area (Å²) in [5.41, 5.74) is 6.01. The van der Waals surface area contributed by atoms with E-state index in [0.29, 0.717) is 16.7 Å². The van der Waals surface area contributed by atoms with Gasteiger partial charge in [-0.15, -0.1) is 0 Å². The lowest BCUT2D eigenvalue weighted by Crippen LogP contribution is -2.43. The summed E-state index contributed by atoms with van der Waals surface area (Å²) in [6.45, 7) is 6.69. The van der Waals surface area contributed by atoms with Gasteiger partial charge in [-0.2, -0.15) is 0 Å². The van der Waals surface area contributed by atoms with Crippen LogP contribution in [0.15, 0.2) is 0 Å². The van der Waals surface area contributed by atoms with Gasteiger partial charge in [0.1, 0.15) is 10.7 Å². The number of piperidine rings is 1. The van der Waals surface area contributed by atoms with Crippen molar-refractivity contribution in [3.8, 4) is 0 Å². The summed E-state index contributed by atoms with van der Waals surface area (Å²) in [6, 6.07) is 0.301. The van der Waals surface area contributed by atoms with E-state index in [0.717, 1.165) is 50.7 Å². The van der Waals surface area contributed by atoms with Gasteiger partial charge in [-0.25, -0.2) is 4.98 Å². The van der Waals surface area contributed by atoms with Gasteiger partial charge in [-0.1, -0.05) is 11.3 Å². The predicted octanol–water partition coefficient (Wildman–Crippen LogP) is 1.15. The fourth-order valence-electron chi connectivity index (χ4n) is 3.00. The first-order valence-corrected chi connectivity index (χ1v) is 8.51. The van der Waals surface area contributed by atoms with Crippen LogP contribution in [0.4, 0.5) is 10.9 Å². The average molecular weight is 309 g/mol. The number of hydrogen-bond acceptors (Lipinski definition) is 6. The van der Waals surface area contributed by atoms with E-state index in [1.54, 1.807) is 0 Å². The largest absolute Gasteiger partial charge is 0.382 e. The summed E-state index contributed by atoms with van der Waals surface area (Å²) >= 11 is 1.44. The number of amides is 1. The number of nitrogens with zero attached hydrogens (tertiary/aromatic N) is 3. The SMILES string of the molecule is CC1CCCCN1C(=O)c1sc(N2CCNCC2)nc1N. The number of hydrogen-bond donors (Lipinski definition) is 2. The van der Waals surface area contributed by atoms with Crippen molar-refractivity contribution in [1.82, 2.24) is 15.2 Å². The lowest BCUT2D eigenvalue weighted by atomic mass is 10.0. The van der Waals surface area contributed by atoms with Crippen molar-refractivity contribution in [3.05, 3.63) is 4.88 Å². The average Bonchev–Trinajstić information content (AvgIpc) is 2.90. The highest BCUT2D eigenvalue weighted by Crippen LogP contribution is 2.31. The van der Waals surface area contributed by atoms with Crippen LogP contribution in [0.3, 0.4) is 0 Å². The van der Waals surface area contributed by atoms with Gasteiger partial charge < -0.3 is 20.9 Å². The molecule has 116 valence electrons. The van der Waals surface area contributed by atoms with E-state index in [9.17, 15) is 4.79 Å². The minimum Gasteiger partial charge on any atom is -0.382 e. The van der Waals surface area contributed by atoms with Crippen LogP contribution in [0, 0.1) is 0 Å². The van der Waals surface area contributed by atoms with Gasteiger partial charge >= 0.3 is 0 Å². The van der Waals surface area contributed by atoms with Crippen LogP contribution in [0.25, 0.3) is 0 Å². The Kier molecular flexibility index (Phi) is 4.30. The summed E-state index contributed by atoms with van der Waals surface area (Å²) in [5.74, 6) is 0.440. The molecule has 2 aliphatic heterocycles. The second kappa shape index (κ2) is 6.19. The first kappa shape index (κ1) is 14.6. The zero-order valence-corrected chi connectivity index (χ0v) is 13.3. The lowest BCUT2D eigenvalue weighted by molar-refractivity contribution is 0.0641. The van der Waals surface area contributed by atoms with Gasteiger partial charge in [0, 0.05) is 38.8 Å². The van der Waals surface area contributed by atoms with Crippen molar-refractivity contribution < 1.29 is 4.79 Å². The monoisotopic (exact) mass is 309 g/mol. The quantitative estimate of drug-likeness (QED) is 0.857. The number of anilines is 2. The highest BCUT2D eigenvalue weighted by Gasteiger charge is 2.28. The van der Waals surface area contributed by atoms with E-state index in [-0.39, 0.29) is 5.91 Å². The number of rotatable bonds is 2. The maximum absolute atomic E-state index is 12.7. The highest BCUT2D eigenvalue weighted by atomic mass is 32.1. The van der Waals surface area contributed by atoms with Crippen molar-refractivity contribution >= 4 is 28.2 Å². The number of nitrogens with one attached hydrogen (secondary N) is 1. The maximum Gasteiger partial charge on any atom is 0.268 e. The zero-order valence-electron chi connectivity index (χ0n) is 12.5. The van der Waals surface area contributed by atoms with E-state index in [2.05, 4.69) is 22.1 Å². The van der Waals surface area contributed by atoms with Crippen LogP contribution in [0.1, 0.15) is 35.9 Å². The molecule has 2 fully saturated rings. The van der Waals surface area contributed by atoms with E-state index < -0.39 is 0 Å². The minimum atomic E-state index is 0.0542. The van der Waals surface area contributed by atoms with Crippen molar-refractivity contribution in [3.63, 3.8) is 0 Å². The van der Waals surface area contributed by atoms with Gasteiger partial charge in [-0.05, 0) is 26.2 Å². The first-order chi connectivity index (χ1) is 10.2. The van der Waals surface area contributed by atoms with Gasteiger partial charge in [0.05, 0.1) is 0 Å². The molecule has 1 aromatic rings. The molecule has 1 atom stereocenters. The number of nitrogens with two attached hydrogens (primary N) is 1.